The van der Waals surface area contributed by atoms with Crippen molar-refractivity contribution in [3.63, 3.8) is 0 Å². The summed E-state index contributed by atoms with van der Waals surface area (Å²) < 4.78 is 10.9. The van der Waals surface area contributed by atoms with Crippen molar-refractivity contribution in [2.24, 2.45) is 0 Å². The van der Waals surface area contributed by atoms with Crippen LogP contribution < -0.4 is 5.32 Å². The highest BCUT2D eigenvalue weighted by atomic mass is 16.7. The van der Waals surface area contributed by atoms with E-state index in [1.165, 1.54) is 0 Å². The third-order valence-electron chi connectivity index (χ3n) is 2.99. The second-order valence-corrected chi connectivity index (χ2v) is 4.50. The topological polar surface area (TPSA) is 108 Å². The molecule has 1 fully saturated rings. The van der Waals surface area contributed by atoms with Crippen LogP contribution in [0.25, 0.3) is 0 Å². The summed E-state index contributed by atoms with van der Waals surface area (Å²) in [5.74, 6) is 0. The Balaban J connectivity index is 1.99. The van der Waals surface area contributed by atoms with Crippen LogP contribution in [0.4, 0.5) is 4.79 Å². The van der Waals surface area contributed by atoms with E-state index in [1.54, 1.807) is 12.1 Å². The summed E-state index contributed by atoms with van der Waals surface area (Å²) in [6.07, 6.45) is -5.02. The maximum absolute atomic E-state index is 10.4. The van der Waals surface area contributed by atoms with E-state index >= 15 is 0 Å². The maximum atomic E-state index is 10.4. The van der Waals surface area contributed by atoms with Crippen molar-refractivity contribution in [3.8, 4) is 0 Å². The second kappa shape index (κ2) is 6.67. The number of ether oxygens (including phenoxy) is 2. The minimum atomic E-state index is -1.25. The summed E-state index contributed by atoms with van der Waals surface area (Å²) in [7, 11) is 0. The van der Waals surface area contributed by atoms with Crippen molar-refractivity contribution >= 4 is 6.09 Å². The molecule has 4 atom stereocenters. The minimum absolute atomic E-state index is 0.00829. The maximum Gasteiger partial charge on any atom is 0.404 e. The number of aliphatic hydroxyl groups is 2. The lowest BCUT2D eigenvalue weighted by atomic mass is 10.1. The fourth-order valence-corrected chi connectivity index (χ4v) is 1.99. The number of rotatable bonds is 4. The van der Waals surface area contributed by atoms with Gasteiger partial charge in [0.2, 0.25) is 0 Å². The highest BCUT2D eigenvalue weighted by molar-refractivity contribution is 5.64. The van der Waals surface area contributed by atoms with Crippen LogP contribution in [-0.2, 0) is 9.47 Å². The van der Waals surface area contributed by atoms with E-state index in [2.05, 4.69) is 5.32 Å². The van der Waals surface area contributed by atoms with E-state index in [9.17, 15) is 15.0 Å². The molecule has 7 nitrogen and oxygen atoms in total. The van der Waals surface area contributed by atoms with Gasteiger partial charge in [-0.25, -0.2) is 4.79 Å². The summed E-state index contributed by atoms with van der Waals surface area (Å²) in [5.41, 5.74) is 0.766. The molecule has 110 valence electrons. The van der Waals surface area contributed by atoms with Gasteiger partial charge in [-0.2, -0.15) is 0 Å². The Morgan fingerprint density at radius 2 is 2.10 bits per heavy atom. The lowest BCUT2D eigenvalue weighted by Gasteiger charge is -2.36. The average Bonchev–Trinajstić information content (AvgIpc) is 2.46. The number of nitrogens with one attached hydrogen (secondary N) is 1. The fraction of sp³-hybridized carbons (Fsp3) is 0.462. The monoisotopic (exact) mass is 283 g/mol. The first kappa shape index (κ1) is 14.7. The number of hydrogen-bond acceptors (Lipinski definition) is 5. The third kappa shape index (κ3) is 3.67. The second-order valence-electron chi connectivity index (χ2n) is 4.50. The summed E-state index contributed by atoms with van der Waals surface area (Å²) in [5, 5.41) is 30.2. The molecule has 1 amide bonds. The molecule has 0 spiro atoms. The Bertz CT molecular complexity index is 440. The molecule has 0 radical (unpaired) electrons. The molecule has 0 bridgehead atoms. The number of benzene rings is 1. The van der Waals surface area contributed by atoms with Crippen molar-refractivity contribution < 1.29 is 29.6 Å². The van der Waals surface area contributed by atoms with Crippen LogP contribution in [0.3, 0.4) is 0 Å². The van der Waals surface area contributed by atoms with Crippen molar-refractivity contribution in [2.45, 2.75) is 24.6 Å². The van der Waals surface area contributed by atoms with Crippen LogP contribution >= 0.6 is 0 Å². The van der Waals surface area contributed by atoms with Gasteiger partial charge < -0.3 is 30.1 Å². The van der Waals surface area contributed by atoms with Crippen LogP contribution in [0.2, 0.25) is 0 Å². The van der Waals surface area contributed by atoms with Crippen molar-refractivity contribution in [2.75, 3.05) is 13.2 Å². The Morgan fingerprint density at radius 3 is 2.75 bits per heavy atom. The first-order chi connectivity index (χ1) is 9.58. The zero-order chi connectivity index (χ0) is 14.5. The summed E-state index contributed by atoms with van der Waals surface area (Å²) in [6, 6.07) is 9.11. The highest BCUT2D eigenvalue weighted by Gasteiger charge is 2.36. The number of hydrogen-bond donors (Lipinski definition) is 4. The summed E-state index contributed by atoms with van der Waals surface area (Å²) >= 11 is 0. The molecule has 1 aliphatic rings. The Hall–Kier alpha value is -1.67. The van der Waals surface area contributed by atoms with Crippen molar-refractivity contribution in [1.82, 2.24) is 5.32 Å². The van der Waals surface area contributed by atoms with Crippen LogP contribution in [0.15, 0.2) is 30.3 Å². The Morgan fingerprint density at radius 1 is 1.40 bits per heavy atom. The number of aliphatic hydroxyl groups excluding tert-OH is 2. The molecule has 4 N–H and O–H groups in total. The highest BCUT2D eigenvalue weighted by Crippen LogP contribution is 2.27. The number of amides is 1. The van der Waals surface area contributed by atoms with Gasteiger partial charge in [0, 0.05) is 12.1 Å². The van der Waals surface area contributed by atoms with E-state index in [0.29, 0.717) is 0 Å². The summed E-state index contributed by atoms with van der Waals surface area (Å²) in [4.78, 5) is 10.4. The quantitative estimate of drug-likeness (QED) is 0.623. The molecule has 0 aliphatic carbocycles. The SMILES string of the molecule is O=C(O)NC[C@@H](O)C1OC(c2ccccc2)OCC1O. The van der Waals surface area contributed by atoms with Gasteiger partial charge in [0.05, 0.1) is 6.61 Å². The van der Waals surface area contributed by atoms with Crippen molar-refractivity contribution in [3.05, 3.63) is 35.9 Å². The smallest absolute Gasteiger partial charge is 0.404 e. The van der Waals surface area contributed by atoms with Crippen LogP contribution in [0, 0.1) is 0 Å². The largest absolute Gasteiger partial charge is 0.465 e. The number of carbonyl (C=O) groups is 1. The Kier molecular flexibility index (Phi) is 4.91. The van der Waals surface area contributed by atoms with Gasteiger partial charge in [0.1, 0.15) is 18.3 Å². The van der Waals surface area contributed by atoms with E-state index < -0.39 is 30.7 Å². The first-order valence-electron chi connectivity index (χ1n) is 6.23. The molecule has 20 heavy (non-hydrogen) atoms. The first-order valence-corrected chi connectivity index (χ1v) is 6.23. The van der Waals surface area contributed by atoms with Gasteiger partial charge in [-0.05, 0) is 0 Å². The zero-order valence-electron chi connectivity index (χ0n) is 10.7. The van der Waals surface area contributed by atoms with Gasteiger partial charge >= 0.3 is 6.09 Å². The van der Waals surface area contributed by atoms with Crippen LogP contribution in [0.1, 0.15) is 11.9 Å². The molecule has 7 heteroatoms. The van der Waals surface area contributed by atoms with E-state index in [4.69, 9.17) is 14.6 Å². The fourth-order valence-electron chi connectivity index (χ4n) is 1.99. The van der Waals surface area contributed by atoms with Gasteiger partial charge in [-0.1, -0.05) is 30.3 Å². The lowest BCUT2D eigenvalue weighted by molar-refractivity contribution is -0.274. The number of carboxylic acid groups (broad SMARTS) is 1. The third-order valence-corrected chi connectivity index (χ3v) is 2.99. The molecule has 1 aliphatic heterocycles. The van der Waals surface area contributed by atoms with Gasteiger partial charge in [0.25, 0.3) is 0 Å². The molecule has 1 aromatic rings. The van der Waals surface area contributed by atoms with Crippen molar-refractivity contribution in [1.29, 1.82) is 0 Å². The molecule has 0 aromatic heterocycles. The summed E-state index contributed by atoms with van der Waals surface area (Å²) in [6.45, 7) is -0.215. The normalized spacial score (nSPS) is 27.8. The van der Waals surface area contributed by atoms with Gasteiger partial charge in [-0.15, -0.1) is 0 Å². The standard InChI is InChI=1S/C13H17NO6/c15-9(6-14-13(17)18)11-10(16)7-19-12(20-11)8-4-2-1-3-5-8/h1-5,9-12,14-16H,6-7H2,(H,17,18)/t9-,10?,11?,12?/m1/s1. The predicted octanol–water partition coefficient (Wildman–Crippen LogP) is 0.0900. The molecule has 1 aromatic carbocycles. The molecule has 0 saturated carbocycles. The van der Waals surface area contributed by atoms with E-state index in [-0.39, 0.29) is 13.2 Å². The van der Waals surface area contributed by atoms with Crippen LogP contribution in [0.5, 0.6) is 0 Å². The zero-order valence-corrected chi connectivity index (χ0v) is 10.7. The average molecular weight is 283 g/mol. The molecule has 2 rings (SSSR count). The molecule has 1 saturated heterocycles. The molecular formula is C13H17NO6. The van der Waals surface area contributed by atoms with Gasteiger partial charge in [0.15, 0.2) is 6.29 Å². The minimum Gasteiger partial charge on any atom is -0.465 e. The molecule has 3 unspecified atom stereocenters. The van der Waals surface area contributed by atoms with E-state index in [1.807, 2.05) is 18.2 Å². The lowest BCUT2D eigenvalue weighted by Crippen LogP contribution is -2.51. The van der Waals surface area contributed by atoms with E-state index in [0.717, 1.165) is 5.56 Å². The van der Waals surface area contributed by atoms with Crippen LogP contribution in [-0.4, -0.2) is 52.9 Å². The Labute approximate surface area is 115 Å². The molecule has 1 heterocycles. The predicted molar refractivity (Wildman–Crippen MR) is 68.0 cm³/mol. The van der Waals surface area contributed by atoms with Gasteiger partial charge in [-0.3, -0.25) is 0 Å². The molecular weight excluding hydrogens is 266 g/mol.